The Hall–Kier alpha value is -2.82. The molecule has 106 valence electrons. The second kappa shape index (κ2) is 5.28. The van der Waals surface area contributed by atoms with Crippen molar-refractivity contribution in [2.75, 3.05) is 12.4 Å². The first kappa shape index (κ1) is 13.2. The summed E-state index contributed by atoms with van der Waals surface area (Å²) in [5.74, 6) is 0.458. The molecule has 0 unspecified atom stereocenters. The van der Waals surface area contributed by atoms with E-state index in [1.807, 2.05) is 31.2 Å². The van der Waals surface area contributed by atoms with Crippen molar-refractivity contribution in [2.45, 2.75) is 6.92 Å². The zero-order valence-electron chi connectivity index (χ0n) is 11.8. The fourth-order valence-corrected chi connectivity index (χ4v) is 2.17. The molecule has 0 saturated carbocycles. The summed E-state index contributed by atoms with van der Waals surface area (Å²) in [6.07, 6.45) is 1.61. The van der Waals surface area contributed by atoms with Gasteiger partial charge in [0.25, 0.3) is 5.91 Å². The zero-order valence-corrected chi connectivity index (χ0v) is 11.8. The number of aromatic amines is 1. The standard InChI is InChI=1S/C16H15N3O2/c1-10-3-5-13(15(7-10)21-2)19-16(20)11-4-6-12-14(8-11)18-9-17-12/h3-9H,1-2H3,(H,17,18)(H,19,20). The highest BCUT2D eigenvalue weighted by atomic mass is 16.5. The molecule has 3 rings (SSSR count). The number of rotatable bonds is 3. The molecule has 2 N–H and O–H groups in total. The van der Waals surface area contributed by atoms with Gasteiger partial charge in [-0.05, 0) is 42.8 Å². The summed E-state index contributed by atoms with van der Waals surface area (Å²) < 4.78 is 5.29. The molecule has 0 atom stereocenters. The molecule has 0 saturated heterocycles. The van der Waals surface area contributed by atoms with Crippen molar-refractivity contribution in [3.8, 4) is 5.75 Å². The van der Waals surface area contributed by atoms with Crippen molar-refractivity contribution in [3.05, 3.63) is 53.9 Å². The van der Waals surface area contributed by atoms with Crippen LogP contribution in [-0.4, -0.2) is 23.0 Å². The smallest absolute Gasteiger partial charge is 0.255 e. The molecule has 1 aromatic heterocycles. The topological polar surface area (TPSA) is 67.0 Å². The highest BCUT2D eigenvalue weighted by Crippen LogP contribution is 2.26. The largest absolute Gasteiger partial charge is 0.495 e. The van der Waals surface area contributed by atoms with Crippen molar-refractivity contribution < 1.29 is 9.53 Å². The molecule has 0 fully saturated rings. The fraction of sp³-hybridized carbons (Fsp3) is 0.125. The van der Waals surface area contributed by atoms with Crippen LogP contribution in [0.1, 0.15) is 15.9 Å². The Morgan fingerprint density at radius 1 is 1.24 bits per heavy atom. The van der Waals surface area contributed by atoms with Crippen molar-refractivity contribution >= 4 is 22.6 Å². The number of carbonyl (C=O) groups excluding carboxylic acids is 1. The van der Waals surface area contributed by atoms with Gasteiger partial charge in [-0.3, -0.25) is 4.79 Å². The number of fused-ring (bicyclic) bond motifs is 1. The lowest BCUT2D eigenvalue weighted by molar-refractivity contribution is 0.102. The molecule has 3 aromatic rings. The van der Waals surface area contributed by atoms with Gasteiger partial charge in [-0.1, -0.05) is 6.07 Å². The molecule has 0 aliphatic heterocycles. The lowest BCUT2D eigenvalue weighted by atomic mass is 10.1. The quantitative estimate of drug-likeness (QED) is 0.775. The summed E-state index contributed by atoms with van der Waals surface area (Å²) >= 11 is 0. The SMILES string of the molecule is COc1cc(C)ccc1NC(=O)c1ccc2nc[nH]c2c1. The number of H-pyrrole nitrogens is 1. The van der Waals surface area contributed by atoms with Crippen LogP contribution in [0.3, 0.4) is 0 Å². The summed E-state index contributed by atoms with van der Waals surface area (Å²) in [7, 11) is 1.58. The van der Waals surface area contributed by atoms with E-state index in [1.54, 1.807) is 25.6 Å². The van der Waals surface area contributed by atoms with E-state index in [4.69, 9.17) is 4.74 Å². The van der Waals surface area contributed by atoms with Gasteiger partial charge in [0.2, 0.25) is 0 Å². The third-order valence-electron chi connectivity index (χ3n) is 3.29. The van der Waals surface area contributed by atoms with Crippen molar-refractivity contribution in [3.63, 3.8) is 0 Å². The van der Waals surface area contributed by atoms with E-state index in [9.17, 15) is 4.79 Å². The molecule has 0 bridgehead atoms. The maximum Gasteiger partial charge on any atom is 0.255 e. The molecule has 5 heteroatoms. The molecule has 21 heavy (non-hydrogen) atoms. The number of imidazole rings is 1. The number of methoxy groups -OCH3 is 1. The highest BCUT2D eigenvalue weighted by molar-refractivity contribution is 6.06. The van der Waals surface area contributed by atoms with Gasteiger partial charge in [-0.25, -0.2) is 4.98 Å². The van der Waals surface area contributed by atoms with Crippen molar-refractivity contribution in [2.24, 2.45) is 0 Å². The van der Waals surface area contributed by atoms with Crippen LogP contribution in [0, 0.1) is 6.92 Å². The van der Waals surface area contributed by atoms with Gasteiger partial charge in [0.1, 0.15) is 5.75 Å². The summed E-state index contributed by atoms with van der Waals surface area (Å²) in [5.41, 5.74) is 3.95. The number of amides is 1. The fourth-order valence-electron chi connectivity index (χ4n) is 2.17. The lowest BCUT2D eigenvalue weighted by Crippen LogP contribution is -2.12. The first-order chi connectivity index (χ1) is 10.2. The molecule has 0 aliphatic rings. The second-order valence-corrected chi connectivity index (χ2v) is 4.79. The van der Waals surface area contributed by atoms with E-state index < -0.39 is 0 Å². The van der Waals surface area contributed by atoms with Crippen molar-refractivity contribution in [1.82, 2.24) is 9.97 Å². The van der Waals surface area contributed by atoms with E-state index in [-0.39, 0.29) is 5.91 Å². The van der Waals surface area contributed by atoms with Gasteiger partial charge < -0.3 is 15.0 Å². The number of nitrogens with zero attached hydrogens (tertiary/aromatic N) is 1. The number of hydrogen-bond acceptors (Lipinski definition) is 3. The van der Waals surface area contributed by atoms with E-state index >= 15 is 0 Å². The Kier molecular flexibility index (Phi) is 3.31. The van der Waals surface area contributed by atoms with Gasteiger partial charge in [0, 0.05) is 5.56 Å². The monoisotopic (exact) mass is 281 g/mol. The van der Waals surface area contributed by atoms with Crippen LogP contribution in [0.4, 0.5) is 5.69 Å². The first-order valence-electron chi connectivity index (χ1n) is 6.56. The number of aryl methyl sites for hydroxylation is 1. The molecular weight excluding hydrogens is 266 g/mol. The predicted molar refractivity (Wildman–Crippen MR) is 81.8 cm³/mol. The van der Waals surface area contributed by atoms with Gasteiger partial charge in [0.05, 0.1) is 30.2 Å². The third-order valence-corrected chi connectivity index (χ3v) is 3.29. The van der Waals surface area contributed by atoms with E-state index in [0.29, 0.717) is 17.0 Å². The Morgan fingerprint density at radius 2 is 2.10 bits per heavy atom. The molecule has 0 spiro atoms. The number of benzene rings is 2. The van der Waals surface area contributed by atoms with Crippen LogP contribution in [0.2, 0.25) is 0 Å². The zero-order chi connectivity index (χ0) is 14.8. The number of hydrogen-bond donors (Lipinski definition) is 2. The van der Waals surface area contributed by atoms with E-state index in [1.165, 1.54) is 0 Å². The van der Waals surface area contributed by atoms with Crippen LogP contribution in [0.5, 0.6) is 5.75 Å². The van der Waals surface area contributed by atoms with Gasteiger partial charge in [-0.15, -0.1) is 0 Å². The lowest BCUT2D eigenvalue weighted by Gasteiger charge is -2.11. The number of ether oxygens (including phenoxy) is 1. The summed E-state index contributed by atoms with van der Waals surface area (Å²) in [6, 6.07) is 11.0. The summed E-state index contributed by atoms with van der Waals surface area (Å²) in [5, 5.41) is 2.86. The molecule has 2 aromatic carbocycles. The van der Waals surface area contributed by atoms with Crippen LogP contribution in [0.25, 0.3) is 11.0 Å². The molecule has 1 amide bonds. The predicted octanol–water partition coefficient (Wildman–Crippen LogP) is 3.13. The second-order valence-electron chi connectivity index (χ2n) is 4.79. The average molecular weight is 281 g/mol. The Labute approximate surface area is 122 Å². The number of aromatic nitrogens is 2. The molecule has 0 radical (unpaired) electrons. The number of carbonyl (C=O) groups is 1. The summed E-state index contributed by atoms with van der Waals surface area (Å²) in [6.45, 7) is 1.97. The van der Waals surface area contributed by atoms with Crippen molar-refractivity contribution in [1.29, 1.82) is 0 Å². The van der Waals surface area contributed by atoms with E-state index in [0.717, 1.165) is 16.6 Å². The maximum absolute atomic E-state index is 12.3. The average Bonchev–Trinajstić information content (AvgIpc) is 2.96. The molecule has 0 aliphatic carbocycles. The Balaban J connectivity index is 1.88. The minimum absolute atomic E-state index is 0.186. The normalized spacial score (nSPS) is 10.6. The number of anilines is 1. The Morgan fingerprint density at radius 3 is 2.90 bits per heavy atom. The van der Waals surface area contributed by atoms with Crippen LogP contribution in [-0.2, 0) is 0 Å². The van der Waals surface area contributed by atoms with Gasteiger partial charge >= 0.3 is 0 Å². The maximum atomic E-state index is 12.3. The minimum atomic E-state index is -0.186. The van der Waals surface area contributed by atoms with Crippen LogP contribution >= 0.6 is 0 Å². The highest BCUT2D eigenvalue weighted by Gasteiger charge is 2.11. The van der Waals surface area contributed by atoms with Crippen LogP contribution < -0.4 is 10.1 Å². The molecular formula is C16H15N3O2. The minimum Gasteiger partial charge on any atom is -0.495 e. The van der Waals surface area contributed by atoms with E-state index in [2.05, 4.69) is 15.3 Å². The van der Waals surface area contributed by atoms with Gasteiger partial charge in [-0.2, -0.15) is 0 Å². The summed E-state index contributed by atoms with van der Waals surface area (Å²) in [4.78, 5) is 19.5. The number of nitrogens with one attached hydrogen (secondary N) is 2. The van der Waals surface area contributed by atoms with Gasteiger partial charge in [0.15, 0.2) is 0 Å². The molecule has 1 heterocycles. The first-order valence-corrected chi connectivity index (χ1v) is 6.56. The van der Waals surface area contributed by atoms with Crippen LogP contribution in [0.15, 0.2) is 42.7 Å². The molecule has 5 nitrogen and oxygen atoms in total. The third kappa shape index (κ3) is 2.58. The Bertz CT molecular complexity index is 808.